The third-order valence-electron chi connectivity index (χ3n) is 7.63. The minimum atomic E-state index is -2.81. The predicted octanol–water partition coefficient (Wildman–Crippen LogP) is 5.03. The molecular formula is C24H23F3N4O. The van der Waals surface area contributed by atoms with Crippen molar-refractivity contribution in [3.05, 3.63) is 53.6 Å². The minimum absolute atomic E-state index is 0.0865. The Kier molecular flexibility index (Phi) is 4.52. The average Bonchev–Trinajstić information content (AvgIpc) is 3.19. The fourth-order valence-electron chi connectivity index (χ4n) is 6.46. The maximum atomic E-state index is 13.8. The first kappa shape index (κ1) is 19.8. The Hall–Kier alpha value is -2.90. The van der Waals surface area contributed by atoms with E-state index in [0.717, 1.165) is 42.0 Å². The van der Waals surface area contributed by atoms with Crippen molar-refractivity contribution in [3.63, 3.8) is 0 Å². The molecule has 166 valence electrons. The number of aromatic nitrogens is 3. The zero-order valence-electron chi connectivity index (χ0n) is 17.3. The zero-order valence-corrected chi connectivity index (χ0v) is 17.3. The van der Waals surface area contributed by atoms with E-state index >= 15 is 0 Å². The Bertz CT molecular complexity index is 1160. The smallest absolute Gasteiger partial charge is 0.280 e. The number of carbonyl (C=O) groups excluding carboxylic acids is 1. The lowest BCUT2D eigenvalue weighted by molar-refractivity contribution is -0.0119. The molecule has 0 spiro atoms. The van der Waals surface area contributed by atoms with Gasteiger partial charge in [-0.25, -0.2) is 22.7 Å². The fourth-order valence-corrected chi connectivity index (χ4v) is 6.46. The summed E-state index contributed by atoms with van der Waals surface area (Å²) >= 11 is 0. The molecule has 1 N–H and O–H groups in total. The Labute approximate surface area is 183 Å². The molecule has 4 fully saturated rings. The van der Waals surface area contributed by atoms with Crippen molar-refractivity contribution in [2.24, 2.45) is 23.7 Å². The van der Waals surface area contributed by atoms with Crippen LogP contribution in [0.4, 0.5) is 13.2 Å². The van der Waals surface area contributed by atoms with Gasteiger partial charge in [-0.3, -0.25) is 4.79 Å². The Morgan fingerprint density at radius 2 is 1.69 bits per heavy atom. The van der Waals surface area contributed by atoms with Gasteiger partial charge < -0.3 is 5.32 Å². The molecule has 2 aromatic heterocycles. The van der Waals surface area contributed by atoms with Gasteiger partial charge in [0.15, 0.2) is 5.65 Å². The summed E-state index contributed by atoms with van der Waals surface area (Å²) in [4.78, 5) is 17.7. The van der Waals surface area contributed by atoms with E-state index in [1.165, 1.54) is 42.9 Å². The van der Waals surface area contributed by atoms with E-state index in [2.05, 4.69) is 15.4 Å². The summed E-state index contributed by atoms with van der Waals surface area (Å²) < 4.78 is 41.9. The molecule has 2 heterocycles. The van der Waals surface area contributed by atoms with Crippen LogP contribution < -0.4 is 5.32 Å². The number of halogens is 3. The quantitative estimate of drug-likeness (QED) is 0.619. The van der Waals surface area contributed by atoms with Gasteiger partial charge in [0.2, 0.25) is 0 Å². The summed E-state index contributed by atoms with van der Waals surface area (Å²) in [6.45, 7) is 0. The molecule has 0 aliphatic heterocycles. The molecule has 0 unspecified atom stereocenters. The zero-order chi connectivity index (χ0) is 22.0. The van der Waals surface area contributed by atoms with Crippen LogP contribution >= 0.6 is 0 Å². The number of rotatable bonds is 4. The van der Waals surface area contributed by atoms with E-state index in [0.29, 0.717) is 17.4 Å². The van der Waals surface area contributed by atoms with Crippen LogP contribution in [-0.4, -0.2) is 26.5 Å². The third kappa shape index (κ3) is 3.19. The number of amides is 1. The Balaban J connectivity index is 1.36. The number of hydrogen-bond acceptors (Lipinski definition) is 3. The third-order valence-corrected chi connectivity index (χ3v) is 7.63. The van der Waals surface area contributed by atoms with E-state index < -0.39 is 12.2 Å². The topological polar surface area (TPSA) is 59.3 Å². The molecule has 4 bridgehead atoms. The highest BCUT2D eigenvalue weighted by Crippen LogP contribution is 2.53. The van der Waals surface area contributed by atoms with Crippen molar-refractivity contribution in [2.45, 2.75) is 44.6 Å². The van der Waals surface area contributed by atoms with Gasteiger partial charge in [0.05, 0.1) is 11.9 Å². The molecule has 0 saturated heterocycles. The highest BCUT2D eigenvalue weighted by Gasteiger charge is 2.48. The Morgan fingerprint density at radius 3 is 2.31 bits per heavy atom. The van der Waals surface area contributed by atoms with Crippen molar-refractivity contribution >= 4 is 11.6 Å². The largest absolute Gasteiger partial charge is 0.349 e. The summed E-state index contributed by atoms with van der Waals surface area (Å²) in [7, 11) is 0. The highest BCUT2D eigenvalue weighted by atomic mass is 19.3. The molecule has 1 amide bonds. The van der Waals surface area contributed by atoms with Gasteiger partial charge >= 0.3 is 0 Å². The van der Waals surface area contributed by atoms with Crippen LogP contribution in [-0.2, 0) is 0 Å². The predicted molar refractivity (Wildman–Crippen MR) is 112 cm³/mol. The number of hydrogen-bond donors (Lipinski definition) is 1. The van der Waals surface area contributed by atoms with E-state index in [-0.39, 0.29) is 34.5 Å². The SMILES string of the molecule is O=C(NC1C2CC3CC(C2)CC1C3)c1cnn2c(C(F)F)cc(-c3ccc(F)cc3)nc12. The van der Waals surface area contributed by atoms with Crippen molar-refractivity contribution in [3.8, 4) is 11.3 Å². The van der Waals surface area contributed by atoms with Crippen LogP contribution in [0.15, 0.2) is 36.5 Å². The van der Waals surface area contributed by atoms with Crippen LogP contribution in [0.1, 0.15) is 54.6 Å². The van der Waals surface area contributed by atoms with Gasteiger partial charge in [0.1, 0.15) is 17.1 Å². The van der Waals surface area contributed by atoms with Crippen LogP contribution in [0.2, 0.25) is 0 Å². The number of carbonyl (C=O) groups is 1. The van der Waals surface area contributed by atoms with Gasteiger partial charge in [-0.1, -0.05) is 0 Å². The average molecular weight is 440 g/mol. The molecule has 5 nitrogen and oxygen atoms in total. The second-order valence-electron chi connectivity index (χ2n) is 9.60. The second-order valence-corrected chi connectivity index (χ2v) is 9.60. The van der Waals surface area contributed by atoms with Crippen LogP contribution in [0.5, 0.6) is 0 Å². The first-order valence-corrected chi connectivity index (χ1v) is 11.2. The van der Waals surface area contributed by atoms with Gasteiger partial charge in [0, 0.05) is 11.6 Å². The van der Waals surface area contributed by atoms with E-state index in [1.807, 2.05) is 0 Å². The molecule has 1 aromatic carbocycles. The number of alkyl halides is 2. The van der Waals surface area contributed by atoms with E-state index in [4.69, 9.17) is 0 Å². The van der Waals surface area contributed by atoms with Gasteiger partial charge in [-0.2, -0.15) is 5.10 Å². The molecule has 3 aromatic rings. The van der Waals surface area contributed by atoms with E-state index in [9.17, 15) is 18.0 Å². The highest BCUT2D eigenvalue weighted by molar-refractivity contribution is 6.00. The molecule has 32 heavy (non-hydrogen) atoms. The number of nitrogens with zero attached hydrogens (tertiary/aromatic N) is 3. The van der Waals surface area contributed by atoms with Crippen molar-refractivity contribution in [1.29, 1.82) is 0 Å². The molecule has 4 aliphatic carbocycles. The monoisotopic (exact) mass is 440 g/mol. The van der Waals surface area contributed by atoms with Crippen molar-refractivity contribution < 1.29 is 18.0 Å². The summed E-state index contributed by atoms with van der Waals surface area (Å²) in [5, 5.41) is 7.25. The molecule has 7 rings (SSSR count). The van der Waals surface area contributed by atoms with Gasteiger partial charge in [-0.15, -0.1) is 0 Å². The minimum Gasteiger partial charge on any atom is -0.349 e. The van der Waals surface area contributed by atoms with Crippen LogP contribution in [0.3, 0.4) is 0 Å². The molecule has 0 atom stereocenters. The van der Waals surface area contributed by atoms with E-state index in [1.54, 1.807) is 0 Å². The molecule has 0 radical (unpaired) electrons. The number of fused-ring (bicyclic) bond motifs is 1. The van der Waals surface area contributed by atoms with Crippen molar-refractivity contribution in [1.82, 2.24) is 19.9 Å². The standard InChI is InChI=1S/C24H23F3N4O/c25-17-3-1-14(2-4-17)19-10-20(22(26)27)31-23(29-19)18(11-28-31)24(32)30-21-15-6-12-5-13(8-15)9-16(21)7-12/h1-4,10-13,15-16,21-22H,5-9H2,(H,30,32). The first-order chi connectivity index (χ1) is 15.5. The first-order valence-electron chi connectivity index (χ1n) is 11.2. The lowest BCUT2D eigenvalue weighted by Crippen LogP contribution is -2.55. The van der Waals surface area contributed by atoms with Gasteiger partial charge in [0.25, 0.3) is 12.3 Å². The summed E-state index contributed by atoms with van der Waals surface area (Å²) in [5.41, 5.74) is 0.650. The lowest BCUT2D eigenvalue weighted by atomic mass is 9.54. The molecule has 4 saturated carbocycles. The maximum absolute atomic E-state index is 13.8. The Morgan fingerprint density at radius 1 is 1.03 bits per heavy atom. The molecule has 8 heteroatoms. The summed E-state index contributed by atoms with van der Waals surface area (Å²) in [6.07, 6.45) is 4.48. The fraction of sp³-hybridized carbons (Fsp3) is 0.458. The van der Waals surface area contributed by atoms with Crippen LogP contribution in [0.25, 0.3) is 16.9 Å². The van der Waals surface area contributed by atoms with Crippen LogP contribution in [0, 0.1) is 29.5 Å². The molecule has 4 aliphatic rings. The normalized spacial score (nSPS) is 28.6. The molecular weight excluding hydrogens is 417 g/mol. The number of benzene rings is 1. The second kappa shape index (κ2) is 7.32. The maximum Gasteiger partial charge on any atom is 0.280 e. The van der Waals surface area contributed by atoms with Gasteiger partial charge in [-0.05, 0) is 86.1 Å². The number of nitrogens with one attached hydrogen (secondary N) is 1. The summed E-state index contributed by atoms with van der Waals surface area (Å²) in [6, 6.07) is 6.82. The summed E-state index contributed by atoms with van der Waals surface area (Å²) in [5.74, 6) is 1.82. The van der Waals surface area contributed by atoms with Crippen molar-refractivity contribution in [2.75, 3.05) is 0 Å². The lowest BCUT2D eigenvalue weighted by Gasteiger charge is -2.54.